The fourth-order valence-corrected chi connectivity index (χ4v) is 1.82. The maximum absolute atomic E-state index is 11.2. The largest absolute Gasteiger partial charge is 0.463 e. The van der Waals surface area contributed by atoms with E-state index in [1.165, 1.54) is 6.08 Å². The summed E-state index contributed by atoms with van der Waals surface area (Å²) in [4.78, 5) is 11.2. The zero-order chi connectivity index (χ0) is 15.1. The highest BCUT2D eigenvalue weighted by atomic mass is 16.5. The summed E-state index contributed by atoms with van der Waals surface area (Å²) in [7, 11) is 0. The van der Waals surface area contributed by atoms with Gasteiger partial charge in [0.05, 0.1) is 19.1 Å². The predicted octanol–water partition coefficient (Wildman–Crippen LogP) is 3.59. The van der Waals surface area contributed by atoms with Crippen LogP contribution in [-0.2, 0) is 16.0 Å². The average Bonchev–Trinajstić information content (AvgIpc) is 2.95. The normalized spacial score (nSPS) is 10.5. The first kappa shape index (κ1) is 14.6. The highest BCUT2D eigenvalue weighted by Crippen LogP contribution is 2.23. The molecule has 4 heteroatoms. The zero-order valence-corrected chi connectivity index (χ0v) is 11.7. The van der Waals surface area contributed by atoms with Gasteiger partial charge in [0, 0.05) is 11.6 Å². The fourth-order valence-electron chi connectivity index (χ4n) is 1.82. The number of ether oxygens (including phenoxy) is 1. The van der Waals surface area contributed by atoms with E-state index >= 15 is 0 Å². The van der Waals surface area contributed by atoms with Gasteiger partial charge in [-0.3, -0.25) is 0 Å². The van der Waals surface area contributed by atoms with E-state index in [-0.39, 0.29) is 0 Å². The van der Waals surface area contributed by atoms with Crippen LogP contribution in [0.4, 0.5) is 0 Å². The zero-order valence-electron chi connectivity index (χ0n) is 11.7. The smallest absolute Gasteiger partial charge is 0.330 e. The maximum Gasteiger partial charge on any atom is 0.330 e. The molecule has 106 valence electrons. The number of rotatable bonds is 5. The molecule has 0 aliphatic carbocycles. The third-order valence-electron chi connectivity index (χ3n) is 2.82. The highest BCUT2D eigenvalue weighted by molar-refractivity contribution is 5.86. The van der Waals surface area contributed by atoms with Crippen molar-refractivity contribution in [3.05, 3.63) is 53.8 Å². The highest BCUT2D eigenvalue weighted by Gasteiger charge is 2.04. The van der Waals surface area contributed by atoms with Crippen molar-refractivity contribution in [3.63, 3.8) is 0 Å². The van der Waals surface area contributed by atoms with E-state index in [0.29, 0.717) is 24.5 Å². The number of carbonyl (C=O) groups excluding carboxylic acids is 1. The quantitative estimate of drug-likeness (QED) is 0.620. The van der Waals surface area contributed by atoms with Crippen molar-refractivity contribution in [2.45, 2.75) is 13.3 Å². The molecule has 0 aliphatic heterocycles. The summed E-state index contributed by atoms with van der Waals surface area (Å²) in [6.07, 6.45) is 3.31. The summed E-state index contributed by atoms with van der Waals surface area (Å²) >= 11 is 0. The van der Waals surface area contributed by atoms with Gasteiger partial charge in [0.2, 0.25) is 0 Å². The molecule has 1 aromatic carbocycles. The molecule has 1 aromatic heterocycles. The Hall–Kier alpha value is -2.80. The van der Waals surface area contributed by atoms with Crippen molar-refractivity contribution < 1.29 is 13.9 Å². The number of hydrogen-bond donors (Lipinski definition) is 0. The molecule has 21 heavy (non-hydrogen) atoms. The molecule has 0 fully saturated rings. The van der Waals surface area contributed by atoms with Crippen LogP contribution in [0.2, 0.25) is 0 Å². The Morgan fingerprint density at radius 1 is 1.29 bits per heavy atom. The van der Waals surface area contributed by atoms with Gasteiger partial charge in [-0.25, -0.2) is 4.79 Å². The second-order valence-corrected chi connectivity index (χ2v) is 4.32. The topological polar surface area (TPSA) is 63.2 Å². The van der Waals surface area contributed by atoms with Gasteiger partial charge in [-0.05, 0) is 30.7 Å². The van der Waals surface area contributed by atoms with Crippen molar-refractivity contribution in [3.8, 4) is 17.4 Å². The van der Waals surface area contributed by atoms with Crippen LogP contribution in [-0.4, -0.2) is 12.6 Å². The van der Waals surface area contributed by atoms with E-state index in [9.17, 15) is 4.79 Å². The number of esters is 1. The summed E-state index contributed by atoms with van der Waals surface area (Å²) in [5.41, 5.74) is 1.89. The lowest BCUT2D eigenvalue weighted by Crippen LogP contribution is -1.98. The molecule has 2 aromatic rings. The van der Waals surface area contributed by atoms with E-state index in [4.69, 9.17) is 14.4 Å². The molecule has 0 saturated heterocycles. The van der Waals surface area contributed by atoms with Crippen LogP contribution in [0.1, 0.15) is 18.2 Å². The Kier molecular flexibility index (Phi) is 4.94. The average molecular weight is 281 g/mol. The number of furan rings is 1. The third-order valence-corrected chi connectivity index (χ3v) is 2.82. The Morgan fingerprint density at radius 2 is 2.05 bits per heavy atom. The first-order valence-corrected chi connectivity index (χ1v) is 6.64. The third kappa shape index (κ3) is 4.08. The van der Waals surface area contributed by atoms with E-state index < -0.39 is 5.97 Å². The molecule has 0 bridgehead atoms. The SMILES string of the molecule is CCOC(=O)/C=C/c1ccc(-c2ccc(CC#N)cc2)o1. The lowest BCUT2D eigenvalue weighted by atomic mass is 10.1. The summed E-state index contributed by atoms with van der Waals surface area (Å²) in [5, 5.41) is 8.64. The van der Waals surface area contributed by atoms with Crippen molar-refractivity contribution in [2.75, 3.05) is 6.61 Å². The van der Waals surface area contributed by atoms with Crippen LogP contribution in [0.5, 0.6) is 0 Å². The maximum atomic E-state index is 11.2. The van der Waals surface area contributed by atoms with E-state index in [0.717, 1.165) is 11.1 Å². The molecule has 0 saturated carbocycles. The van der Waals surface area contributed by atoms with Gasteiger partial charge in [-0.2, -0.15) is 5.26 Å². The van der Waals surface area contributed by atoms with E-state index in [1.807, 2.05) is 30.3 Å². The van der Waals surface area contributed by atoms with Crippen LogP contribution in [0.15, 0.2) is 46.9 Å². The summed E-state index contributed by atoms with van der Waals surface area (Å²) in [6.45, 7) is 2.11. The number of hydrogen-bond acceptors (Lipinski definition) is 4. The summed E-state index contributed by atoms with van der Waals surface area (Å²) in [6, 6.07) is 13.3. The van der Waals surface area contributed by atoms with E-state index in [2.05, 4.69) is 6.07 Å². The van der Waals surface area contributed by atoms with Crippen LogP contribution in [0.25, 0.3) is 17.4 Å². The minimum Gasteiger partial charge on any atom is -0.463 e. The molecule has 4 nitrogen and oxygen atoms in total. The molecule has 0 unspecified atom stereocenters. The molecule has 0 radical (unpaired) electrons. The van der Waals surface area contributed by atoms with Crippen molar-refractivity contribution in [2.24, 2.45) is 0 Å². The summed E-state index contributed by atoms with van der Waals surface area (Å²) < 4.78 is 10.4. The van der Waals surface area contributed by atoms with Gasteiger partial charge in [0.25, 0.3) is 0 Å². The molecule has 1 heterocycles. The van der Waals surface area contributed by atoms with Crippen LogP contribution in [0.3, 0.4) is 0 Å². The van der Waals surface area contributed by atoms with E-state index in [1.54, 1.807) is 19.1 Å². The predicted molar refractivity (Wildman–Crippen MR) is 79.1 cm³/mol. The first-order valence-electron chi connectivity index (χ1n) is 6.64. The van der Waals surface area contributed by atoms with Crippen LogP contribution >= 0.6 is 0 Å². The minimum absolute atomic E-state index is 0.349. The van der Waals surface area contributed by atoms with Crippen molar-refractivity contribution in [1.82, 2.24) is 0 Å². The second kappa shape index (κ2) is 7.11. The lowest BCUT2D eigenvalue weighted by Gasteiger charge is -1.98. The molecule has 0 spiro atoms. The molecular weight excluding hydrogens is 266 g/mol. The Morgan fingerprint density at radius 3 is 2.71 bits per heavy atom. The molecular formula is C17H15NO3. The standard InChI is InChI=1S/C17H15NO3/c1-2-20-17(19)10-8-15-7-9-16(21-15)14-5-3-13(4-6-14)11-12-18/h3-10H,2,11H2,1H3/b10-8+. The number of nitrogens with zero attached hydrogens (tertiary/aromatic N) is 1. The summed E-state index contributed by atoms with van der Waals surface area (Å²) in [5.74, 6) is 0.900. The van der Waals surface area contributed by atoms with Crippen LogP contribution in [0, 0.1) is 11.3 Å². The molecule has 2 rings (SSSR count). The Labute approximate surface area is 123 Å². The molecule has 0 atom stereocenters. The molecule has 0 amide bonds. The van der Waals surface area contributed by atoms with Gasteiger partial charge < -0.3 is 9.15 Å². The second-order valence-electron chi connectivity index (χ2n) is 4.32. The van der Waals surface area contributed by atoms with Gasteiger partial charge in [-0.1, -0.05) is 24.3 Å². The fraction of sp³-hybridized carbons (Fsp3) is 0.176. The Balaban J connectivity index is 2.09. The molecule has 0 N–H and O–H groups in total. The van der Waals surface area contributed by atoms with Crippen molar-refractivity contribution in [1.29, 1.82) is 5.26 Å². The van der Waals surface area contributed by atoms with Gasteiger partial charge in [0.1, 0.15) is 11.5 Å². The number of carbonyl (C=O) groups is 1. The van der Waals surface area contributed by atoms with Gasteiger partial charge in [-0.15, -0.1) is 0 Å². The molecule has 0 aliphatic rings. The minimum atomic E-state index is -0.392. The number of benzene rings is 1. The van der Waals surface area contributed by atoms with Crippen LogP contribution < -0.4 is 0 Å². The lowest BCUT2D eigenvalue weighted by molar-refractivity contribution is -0.137. The van der Waals surface area contributed by atoms with Gasteiger partial charge >= 0.3 is 5.97 Å². The Bertz CT molecular complexity index is 675. The number of nitriles is 1. The van der Waals surface area contributed by atoms with Gasteiger partial charge in [0.15, 0.2) is 0 Å². The first-order chi connectivity index (χ1) is 10.2. The van der Waals surface area contributed by atoms with Crippen molar-refractivity contribution >= 4 is 12.0 Å². The monoisotopic (exact) mass is 281 g/mol.